The van der Waals surface area contributed by atoms with Crippen LogP contribution in [0.4, 0.5) is 0 Å². The molecule has 0 saturated carbocycles. The third-order valence-corrected chi connectivity index (χ3v) is 3.18. The molecule has 1 aliphatic rings. The van der Waals surface area contributed by atoms with Crippen molar-refractivity contribution in [2.45, 2.75) is 12.6 Å². The Morgan fingerprint density at radius 2 is 2.22 bits per heavy atom. The SMILES string of the molecule is COc1ccc2c(c1)[C@@H](N)c1cccnc1CO2. The fraction of sp³-hybridized carbons (Fsp3) is 0.214. The van der Waals surface area contributed by atoms with Gasteiger partial charge in [-0.05, 0) is 29.8 Å². The Bertz CT molecular complexity index is 584. The van der Waals surface area contributed by atoms with Crippen molar-refractivity contribution in [2.75, 3.05) is 7.11 Å². The quantitative estimate of drug-likeness (QED) is 0.831. The molecule has 0 radical (unpaired) electrons. The second kappa shape index (κ2) is 4.31. The fourth-order valence-corrected chi connectivity index (χ4v) is 2.20. The van der Waals surface area contributed by atoms with E-state index < -0.39 is 0 Å². The molecular formula is C14H14N2O2. The lowest BCUT2D eigenvalue weighted by Crippen LogP contribution is -2.13. The first kappa shape index (κ1) is 11.0. The molecule has 0 saturated heterocycles. The Balaban J connectivity index is 2.14. The summed E-state index contributed by atoms with van der Waals surface area (Å²) in [6, 6.07) is 9.33. The van der Waals surface area contributed by atoms with Crippen LogP contribution in [0.25, 0.3) is 0 Å². The normalized spacial score (nSPS) is 17.1. The third-order valence-electron chi connectivity index (χ3n) is 3.18. The Hall–Kier alpha value is -2.07. The van der Waals surface area contributed by atoms with Crippen LogP contribution < -0.4 is 15.2 Å². The van der Waals surface area contributed by atoms with E-state index in [0.717, 1.165) is 28.3 Å². The van der Waals surface area contributed by atoms with Gasteiger partial charge in [-0.15, -0.1) is 0 Å². The summed E-state index contributed by atoms with van der Waals surface area (Å²) in [4.78, 5) is 4.32. The first-order chi connectivity index (χ1) is 8.79. The van der Waals surface area contributed by atoms with Gasteiger partial charge in [0, 0.05) is 11.8 Å². The number of methoxy groups -OCH3 is 1. The fourth-order valence-electron chi connectivity index (χ4n) is 2.20. The number of ether oxygens (including phenoxy) is 2. The second-order valence-electron chi connectivity index (χ2n) is 4.21. The maximum absolute atomic E-state index is 6.31. The van der Waals surface area contributed by atoms with Gasteiger partial charge >= 0.3 is 0 Å². The van der Waals surface area contributed by atoms with E-state index in [1.807, 2.05) is 30.3 Å². The van der Waals surface area contributed by atoms with Crippen LogP contribution in [0.3, 0.4) is 0 Å². The predicted molar refractivity (Wildman–Crippen MR) is 67.6 cm³/mol. The van der Waals surface area contributed by atoms with Crippen LogP contribution >= 0.6 is 0 Å². The molecule has 0 unspecified atom stereocenters. The van der Waals surface area contributed by atoms with Gasteiger partial charge in [-0.1, -0.05) is 6.07 Å². The summed E-state index contributed by atoms with van der Waals surface area (Å²) in [6.45, 7) is 0.448. The molecule has 1 atom stereocenters. The van der Waals surface area contributed by atoms with Crippen LogP contribution in [0, 0.1) is 0 Å². The molecule has 0 aliphatic carbocycles. The van der Waals surface area contributed by atoms with E-state index in [-0.39, 0.29) is 6.04 Å². The summed E-state index contributed by atoms with van der Waals surface area (Å²) in [5.74, 6) is 1.57. The summed E-state index contributed by atoms with van der Waals surface area (Å²) < 4.78 is 11.0. The molecule has 2 heterocycles. The van der Waals surface area contributed by atoms with Crippen LogP contribution in [0.1, 0.15) is 22.9 Å². The maximum atomic E-state index is 6.31. The lowest BCUT2D eigenvalue weighted by molar-refractivity contribution is 0.301. The lowest BCUT2D eigenvalue weighted by Gasteiger charge is -2.14. The highest BCUT2D eigenvalue weighted by Gasteiger charge is 2.22. The van der Waals surface area contributed by atoms with Crippen molar-refractivity contribution >= 4 is 0 Å². The Morgan fingerprint density at radius 3 is 3.06 bits per heavy atom. The molecule has 4 nitrogen and oxygen atoms in total. The van der Waals surface area contributed by atoms with Crippen LogP contribution in [0.2, 0.25) is 0 Å². The highest BCUT2D eigenvalue weighted by molar-refractivity contribution is 5.48. The van der Waals surface area contributed by atoms with Crippen molar-refractivity contribution in [3.8, 4) is 11.5 Å². The van der Waals surface area contributed by atoms with Crippen molar-refractivity contribution in [2.24, 2.45) is 5.73 Å². The number of hydrogen-bond donors (Lipinski definition) is 1. The third kappa shape index (κ3) is 1.71. The number of aromatic nitrogens is 1. The molecule has 18 heavy (non-hydrogen) atoms. The summed E-state index contributed by atoms with van der Waals surface area (Å²) in [6.07, 6.45) is 1.76. The van der Waals surface area contributed by atoms with Gasteiger partial charge in [0.05, 0.1) is 18.8 Å². The van der Waals surface area contributed by atoms with Crippen LogP contribution in [0.15, 0.2) is 36.5 Å². The molecule has 0 spiro atoms. The van der Waals surface area contributed by atoms with E-state index in [4.69, 9.17) is 15.2 Å². The van der Waals surface area contributed by atoms with Crippen molar-refractivity contribution in [3.05, 3.63) is 53.3 Å². The standard InChI is InChI=1S/C14H14N2O2/c1-17-9-4-5-13-11(7-9)14(15)10-3-2-6-16-12(10)8-18-13/h2-7,14H,8,15H2,1H3/t14-/m0/s1. The molecule has 1 aliphatic heterocycles. The molecule has 0 amide bonds. The smallest absolute Gasteiger partial charge is 0.131 e. The average molecular weight is 242 g/mol. The zero-order chi connectivity index (χ0) is 12.5. The first-order valence-corrected chi connectivity index (χ1v) is 5.79. The number of hydrogen-bond acceptors (Lipinski definition) is 4. The minimum Gasteiger partial charge on any atom is -0.497 e. The average Bonchev–Trinajstić information content (AvgIpc) is 2.57. The zero-order valence-corrected chi connectivity index (χ0v) is 10.1. The van der Waals surface area contributed by atoms with Crippen LogP contribution in [0.5, 0.6) is 11.5 Å². The zero-order valence-electron chi connectivity index (χ0n) is 10.1. The van der Waals surface area contributed by atoms with E-state index in [9.17, 15) is 0 Å². The van der Waals surface area contributed by atoms with Gasteiger partial charge in [0.25, 0.3) is 0 Å². The molecule has 2 N–H and O–H groups in total. The number of rotatable bonds is 1. The minimum absolute atomic E-state index is 0.235. The van der Waals surface area contributed by atoms with Gasteiger partial charge in [0.1, 0.15) is 18.1 Å². The highest BCUT2D eigenvalue weighted by Crippen LogP contribution is 2.35. The molecule has 2 aromatic rings. The molecular weight excluding hydrogens is 228 g/mol. The highest BCUT2D eigenvalue weighted by atomic mass is 16.5. The number of nitrogens with zero attached hydrogens (tertiary/aromatic N) is 1. The monoisotopic (exact) mass is 242 g/mol. The topological polar surface area (TPSA) is 57.4 Å². The number of benzene rings is 1. The predicted octanol–water partition coefficient (Wildman–Crippen LogP) is 2.03. The van der Waals surface area contributed by atoms with Gasteiger partial charge in [-0.3, -0.25) is 4.98 Å². The molecule has 92 valence electrons. The van der Waals surface area contributed by atoms with Crippen LogP contribution in [-0.2, 0) is 6.61 Å². The van der Waals surface area contributed by atoms with E-state index in [0.29, 0.717) is 6.61 Å². The second-order valence-corrected chi connectivity index (χ2v) is 4.21. The van der Waals surface area contributed by atoms with Crippen molar-refractivity contribution < 1.29 is 9.47 Å². The van der Waals surface area contributed by atoms with Crippen molar-refractivity contribution in [1.82, 2.24) is 4.98 Å². The number of pyridine rings is 1. The Labute approximate surface area is 105 Å². The number of fused-ring (bicyclic) bond motifs is 2. The Kier molecular flexibility index (Phi) is 2.64. The van der Waals surface area contributed by atoms with Crippen LogP contribution in [-0.4, -0.2) is 12.1 Å². The lowest BCUT2D eigenvalue weighted by atomic mass is 9.98. The molecule has 1 aromatic carbocycles. The summed E-state index contributed by atoms with van der Waals surface area (Å²) in [5.41, 5.74) is 9.13. The van der Waals surface area contributed by atoms with Gasteiger partial charge in [0.2, 0.25) is 0 Å². The maximum Gasteiger partial charge on any atom is 0.131 e. The van der Waals surface area contributed by atoms with Gasteiger partial charge in [-0.2, -0.15) is 0 Å². The summed E-state index contributed by atoms with van der Waals surface area (Å²) >= 11 is 0. The molecule has 4 heteroatoms. The van der Waals surface area contributed by atoms with E-state index in [2.05, 4.69) is 4.98 Å². The Morgan fingerprint density at radius 1 is 1.33 bits per heavy atom. The molecule has 0 bridgehead atoms. The van der Waals surface area contributed by atoms with E-state index >= 15 is 0 Å². The molecule has 1 aromatic heterocycles. The summed E-state index contributed by atoms with van der Waals surface area (Å²) in [7, 11) is 1.64. The van der Waals surface area contributed by atoms with Gasteiger partial charge in [-0.25, -0.2) is 0 Å². The summed E-state index contributed by atoms with van der Waals surface area (Å²) in [5, 5.41) is 0. The molecule has 0 fully saturated rings. The minimum atomic E-state index is -0.235. The van der Waals surface area contributed by atoms with E-state index in [1.54, 1.807) is 13.3 Å². The van der Waals surface area contributed by atoms with Crippen molar-refractivity contribution in [3.63, 3.8) is 0 Å². The number of nitrogens with two attached hydrogens (primary N) is 1. The van der Waals surface area contributed by atoms with E-state index in [1.165, 1.54) is 0 Å². The molecule has 3 rings (SSSR count). The van der Waals surface area contributed by atoms with Gasteiger partial charge < -0.3 is 15.2 Å². The van der Waals surface area contributed by atoms with Gasteiger partial charge in [0.15, 0.2) is 0 Å². The first-order valence-electron chi connectivity index (χ1n) is 5.79. The van der Waals surface area contributed by atoms with Crippen molar-refractivity contribution in [1.29, 1.82) is 0 Å². The largest absolute Gasteiger partial charge is 0.497 e.